The molecule has 1 aromatic carbocycles. The molecule has 0 saturated heterocycles. The Bertz CT molecular complexity index is 1020. The first-order valence-electron chi connectivity index (χ1n) is 9.76. The zero-order valence-electron chi connectivity index (χ0n) is 16.6. The number of hydrogen-bond donors (Lipinski definition) is 2. The molecule has 0 spiro atoms. The van der Waals surface area contributed by atoms with Crippen molar-refractivity contribution in [3.8, 4) is 0 Å². The maximum atomic E-state index is 12.5. The molecule has 0 unspecified atom stereocenters. The van der Waals surface area contributed by atoms with Gasteiger partial charge in [-0.05, 0) is 45.3 Å². The number of aromatic amines is 1. The van der Waals surface area contributed by atoms with Crippen molar-refractivity contribution in [3.05, 3.63) is 58.6 Å². The van der Waals surface area contributed by atoms with Crippen LogP contribution in [0.5, 0.6) is 0 Å². The fraction of sp³-hybridized carbons (Fsp3) is 0.364. The van der Waals surface area contributed by atoms with Crippen molar-refractivity contribution in [2.45, 2.75) is 33.6 Å². The molecule has 3 heterocycles. The number of fused-ring (bicyclic) bond motifs is 1. The van der Waals surface area contributed by atoms with Crippen LogP contribution in [0.3, 0.4) is 0 Å². The predicted molar refractivity (Wildman–Crippen MR) is 110 cm³/mol. The highest BCUT2D eigenvalue weighted by Gasteiger charge is 2.20. The van der Waals surface area contributed by atoms with Crippen molar-refractivity contribution in [3.63, 3.8) is 0 Å². The van der Waals surface area contributed by atoms with Gasteiger partial charge in [-0.1, -0.05) is 29.4 Å². The highest BCUT2D eigenvalue weighted by molar-refractivity contribution is 5.94. The van der Waals surface area contributed by atoms with Crippen LogP contribution in [0.2, 0.25) is 0 Å². The fourth-order valence-corrected chi connectivity index (χ4v) is 4.04. The third kappa shape index (κ3) is 3.42. The van der Waals surface area contributed by atoms with Crippen LogP contribution in [0, 0.1) is 20.8 Å². The zero-order valence-corrected chi connectivity index (χ0v) is 16.6. The third-order valence-electron chi connectivity index (χ3n) is 5.54. The number of aromatic nitrogens is 2. The lowest BCUT2D eigenvalue weighted by Crippen LogP contribution is -2.42. The number of nitrogens with one attached hydrogen (secondary N) is 2. The molecule has 1 aliphatic heterocycles. The van der Waals surface area contributed by atoms with E-state index in [9.17, 15) is 4.79 Å². The molecular weight excluding hydrogens is 352 g/mol. The Hall–Kier alpha value is -3.02. The highest BCUT2D eigenvalue weighted by Crippen LogP contribution is 2.32. The number of carbonyl (C=O) groups is 1. The average Bonchev–Trinajstić information content (AvgIpc) is 3.20. The van der Waals surface area contributed by atoms with Crippen molar-refractivity contribution in [1.29, 1.82) is 0 Å². The molecule has 0 atom stereocenters. The van der Waals surface area contributed by atoms with E-state index < -0.39 is 0 Å². The molecule has 6 nitrogen and oxygen atoms in total. The van der Waals surface area contributed by atoms with E-state index in [0.717, 1.165) is 41.9 Å². The Labute approximate surface area is 164 Å². The summed E-state index contributed by atoms with van der Waals surface area (Å²) in [5, 5.41) is 8.23. The first kappa shape index (κ1) is 18.3. The van der Waals surface area contributed by atoms with Crippen LogP contribution in [0.1, 0.15) is 34.7 Å². The van der Waals surface area contributed by atoms with Crippen LogP contribution in [0.15, 0.2) is 34.9 Å². The quantitative estimate of drug-likeness (QED) is 0.717. The minimum absolute atomic E-state index is 0.0160. The van der Waals surface area contributed by atoms with Gasteiger partial charge in [-0.3, -0.25) is 0 Å². The minimum atomic E-state index is -0.0160. The zero-order chi connectivity index (χ0) is 19.7. The average molecular weight is 378 g/mol. The fourth-order valence-electron chi connectivity index (χ4n) is 4.04. The van der Waals surface area contributed by atoms with Gasteiger partial charge in [0.05, 0.1) is 5.69 Å². The van der Waals surface area contributed by atoms with Crippen molar-refractivity contribution < 1.29 is 9.32 Å². The summed E-state index contributed by atoms with van der Waals surface area (Å²) < 4.78 is 5.17. The van der Waals surface area contributed by atoms with E-state index >= 15 is 0 Å². The van der Waals surface area contributed by atoms with Crippen LogP contribution in [0.4, 0.5) is 4.79 Å². The second kappa shape index (κ2) is 7.54. The maximum Gasteiger partial charge on any atom is 0.317 e. The van der Waals surface area contributed by atoms with E-state index in [2.05, 4.69) is 46.7 Å². The molecule has 2 amide bonds. The molecule has 1 aliphatic rings. The summed E-state index contributed by atoms with van der Waals surface area (Å²) in [6.45, 7) is 7.88. The van der Waals surface area contributed by atoms with Gasteiger partial charge >= 0.3 is 6.03 Å². The topological polar surface area (TPSA) is 74.2 Å². The van der Waals surface area contributed by atoms with Gasteiger partial charge in [0.25, 0.3) is 0 Å². The first-order chi connectivity index (χ1) is 13.5. The van der Waals surface area contributed by atoms with Crippen LogP contribution in [-0.4, -0.2) is 40.7 Å². The Kier molecular flexibility index (Phi) is 4.94. The summed E-state index contributed by atoms with van der Waals surface area (Å²) >= 11 is 0. The molecule has 6 heteroatoms. The number of carbonyl (C=O) groups excluding carboxylic acids is 1. The molecule has 4 rings (SSSR count). The van der Waals surface area contributed by atoms with E-state index in [1.807, 2.05) is 24.8 Å². The van der Waals surface area contributed by atoms with E-state index in [1.54, 1.807) is 0 Å². The van der Waals surface area contributed by atoms with E-state index in [1.165, 1.54) is 22.2 Å². The third-order valence-corrected chi connectivity index (χ3v) is 5.54. The van der Waals surface area contributed by atoms with Crippen molar-refractivity contribution in [2.24, 2.45) is 0 Å². The van der Waals surface area contributed by atoms with Gasteiger partial charge in [-0.25, -0.2) is 4.79 Å². The molecule has 0 saturated carbocycles. The lowest BCUT2D eigenvalue weighted by molar-refractivity contribution is 0.203. The van der Waals surface area contributed by atoms with E-state index in [0.29, 0.717) is 13.1 Å². The van der Waals surface area contributed by atoms with Gasteiger partial charge in [-0.15, -0.1) is 0 Å². The number of urea groups is 1. The summed E-state index contributed by atoms with van der Waals surface area (Å²) in [6, 6.07) is 8.36. The number of H-pyrrole nitrogens is 1. The monoisotopic (exact) mass is 378 g/mol. The summed E-state index contributed by atoms with van der Waals surface area (Å²) in [5.41, 5.74) is 6.92. The lowest BCUT2D eigenvalue weighted by Gasteiger charge is -2.27. The standard InChI is InChI=1S/C22H26N4O2/c1-14-18(16(3)28-25-14)8-11-23-22(27)26-12-9-17(10-13-26)21-15(2)24-20-7-5-4-6-19(20)21/h4-7,9,24H,8,10-13H2,1-3H3,(H,23,27). The molecule has 0 fully saturated rings. The molecule has 0 bridgehead atoms. The smallest absolute Gasteiger partial charge is 0.317 e. The molecule has 3 aromatic rings. The summed E-state index contributed by atoms with van der Waals surface area (Å²) in [6.07, 6.45) is 3.77. The Morgan fingerprint density at radius 1 is 1.29 bits per heavy atom. The van der Waals surface area contributed by atoms with Crippen LogP contribution in [0.25, 0.3) is 16.5 Å². The lowest BCUT2D eigenvalue weighted by atomic mass is 9.97. The largest absolute Gasteiger partial charge is 0.361 e. The number of nitrogens with zero attached hydrogens (tertiary/aromatic N) is 2. The molecule has 2 aromatic heterocycles. The number of benzene rings is 1. The van der Waals surface area contributed by atoms with Crippen LogP contribution >= 0.6 is 0 Å². The molecule has 0 radical (unpaired) electrons. The Morgan fingerprint density at radius 3 is 2.82 bits per heavy atom. The van der Waals surface area contributed by atoms with Crippen LogP contribution < -0.4 is 5.32 Å². The highest BCUT2D eigenvalue weighted by atomic mass is 16.5. The van der Waals surface area contributed by atoms with Crippen molar-refractivity contribution in [2.75, 3.05) is 19.6 Å². The number of para-hydroxylation sites is 1. The van der Waals surface area contributed by atoms with E-state index in [-0.39, 0.29) is 6.03 Å². The van der Waals surface area contributed by atoms with Gasteiger partial charge in [0.15, 0.2) is 0 Å². The molecule has 2 N–H and O–H groups in total. The summed E-state index contributed by atoms with van der Waals surface area (Å²) in [7, 11) is 0. The van der Waals surface area contributed by atoms with Gasteiger partial charge in [0, 0.05) is 47.4 Å². The second-order valence-corrected chi connectivity index (χ2v) is 7.38. The minimum Gasteiger partial charge on any atom is -0.361 e. The Morgan fingerprint density at radius 2 is 2.11 bits per heavy atom. The maximum absolute atomic E-state index is 12.5. The van der Waals surface area contributed by atoms with Crippen molar-refractivity contribution in [1.82, 2.24) is 20.4 Å². The van der Waals surface area contributed by atoms with Gasteiger partial charge in [0.2, 0.25) is 0 Å². The first-order valence-corrected chi connectivity index (χ1v) is 9.76. The molecule has 28 heavy (non-hydrogen) atoms. The Balaban J connectivity index is 1.38. The van der Waals surface area contributed by atoms with Crippen LogP contribution in [-0.2, 0) is 6.42 Å². The van der Waals surface area contributed by atoms with Crippen molar-refractivity contribution >= 4 is 22.5 Å². The van der Waals surface area contributed by atoms with Gasteiger partial charge < -0.3 is 19.7 Å². The predicted octanol–water partition coefficient (Wildman–Crippen LogP) is 4.12. The second-order valence-electron chi connectivity index (χ2n) is 7.38. The number of rotatable bonds is 4. The molecule has 0 aliphatic carbocycles. The summed E-state index contributed by atoms with van der Waals surface area (Å²) in [5.74, 6) is 0.825. The number of hydrogen-bond acceptors (Lipinski definition) is 3. The molecule has 146 valence electrons. The number of amides is 2. The van der Waals surface area contributed by atoms with Gasteiger partial charge in [0.1, 0.15) is 5.76 Å². The number of aryl methyl sites for hydroxylation is 3. The van der Waals surface area contributed by atoms with E-state index in [4.69, 9.17) is 4.52 Å². The SMILES string of the molecule is Cc1noc(C)c1CCNC(=O)N1CC=C(c2c(C)[nH]c3ccccc23)CC1. The normalized spacial score (nSPS) is 14.4. The summed E-state index contributed by atoms with van der Waals surface area (Å²) in [4.78, 5) is 17.8. The molecular formula is C22H26N4O2. The van der Waals surface area contributed by atoms with Gasteiger partial charge in [-0.2, -0.15) is 0 Å².